The number of nitrogens with one attached hydrogen (secondary N) is 1. The molecule has 4 aromatic rings. The molecule has 0 atom stereocenters. The molecule has 2 heterocycles. The lowest BCUT2D eigenvalue weighted by Gasteiger charge is -2.09. The third-order valence-electron chi connectivity index (χ3n) is 4.46. The van der Waals surface area contributed by atoms with Crippen LogP contribution in [0.3, 0.4) is 0 Å². The Bertz CT molecular complexity index is 1180. The zero-order chi connectivity index (χ0) is 20.4. The van der Waals surface area contributed by atoms with Crippen molar-refractivity contribution < 1.29 is 19.4 Å². The lowest BCUT2D eigenvalue weighted by molar-refractivity contribution is 0.102. The molecule has 0 radical (unpaired) electrons. The van der Waals surface area contributed by atoms with Crippen molar-refractivity contribution in [1.82, 2.24) is 4.98 Å². The summed E-state index contributed by atoms with van der Waals surface area (Å²) in [6.07, 6.45) is 3.00. The molecule has 0 saturated carbocycles. The standard InChI is InChI=1S/C23H18N2O4/c1-14-2-9-22(29-14)15-3-5-18(6-4-15)25-23(28)17-10-16(12-24-13-17)20-8-7-19(26)11-21(20)27/h2-13,26-27H,1H3,(H,25,28). The van der Waals surface area contributed by atoms with E-state index in [1.807, 2.05) is 31.2 Å². The molecule has 2 aromatic carbocycles. The van der Waals surface area contributed by atoms with Gasteiger partial charge in [-0.3, -0.25) is 9.78 Å². The normalized spacial score (nSPS) is 10.7. The second-order valence-corrected chi connectivity index (χ2v) is 6.61. The van der Waals surface area contributed by atoms with Gasteiger partial charge in [-0.2, -0.15) is 0 Å². The van der Waals surface area contributed by atoms with E-state index in [0.717, 1.165) is 17.1 Å². The lowest BCUT2D eigenvalue weighted by atomic mass is 10.0. The van der Waals surface area contributed by atoms with Gasteiger partial charge in [-0.1, -0.05) is 0 Å². The number of carbonyl (C=O) groups excluding carboxylic acids is 1. The van der Waals surface area contributed by atoms with Gasteiger partial charge in [-0.15, -0.1) is 0 Å². The maximum absolute atomic E-state index is 12.6. The van der Waals surface area contributed by atoms with Gasteiger partial charge in [0.1, 0.15) is 23.0 Å². The van der Waals surface area contributed by atoms with Crippen LogP contribution in [0, 0.1) is 6.92 Å². The number of hydrogen-bond donors (Lipinski definition) is 3. The highest BCUT2D eigenvalue weighted by atomic mass is 16.3. The predicted molar refractivity (Wildman–Crippen MR) is 110 cm³/mol. The number of anilines is 1. The van der Waals surface area contributed by atoms with E-state index in [0.29, 0.717) is 22.4 Å². The highest BCUT2D eigenvalue weighted by Crippen LogP contribution is 2.32. The Morgan fingerprint density at radius 1 is 0.931 bits per heavy atom. The van der Waals surface area contributed by atoms with E-state index < -0.39 is 0 Å². The van der Waals surface area contributed by atoms with E-state index >= 15 is 0 Å². The number of nitrogens with zero attached hydrogens (tertiary/aromatic N) is 1. The summed E-state index contributed by atoms with van der Waals surface area (Å²) in [5.41, 5.74) is 2.95. The van der Waals surface area contributed by atoms with Crippen LogP contribution in [0.5, 0.6) is 11.5 Å². The maximum atomic E-state index is 12.6. The Morgan fingerprint density at radius 2 is 1.72 bits per heavy atom. The number of phenols is 2. The molecule has 144 valence electrons. The number of aromatic hydroxyl groups is 2. The molecule has 0 bridgehead atoms. The highest BCUT2D eigenvalue weighted by molar-refractivity contribution is 6.04. The van der Waals surface area contributed by atoms with Crippen LogP contribution >= 0.6 is 0 Å². The van der Waals surface area contributed by atoms with Crippen molar-refractivity contribution in [1.29, 1.82) is 0 Å². The molecule has 0 aliphatic rings. The third-order valence-corrected chi connectivity index (χ3v) is 4.46. The van der Waals surface area contributed by atoms with Gasteiger partial charge in [0.25, 0.3) is 5.91 Å². The number of pyridine rings is 1. The fourth-order valence-electron chi connectivity index (χ4n) is 2.99. The number of carbonyl (C=O) groups is 1. The zero-order valence-corrected chi connectivity index (χ0v) is 15.6. The number of amides is 1. The van der Waals surface area contributed by atoms with Crippen molar-refractivity contribution in [2.75, 3.05) is 5.32 Å². The van der Waals surface area contributed by atoms with Gasteiger partial charge in [0.05, 0.1) is 5.56 Å². The third kappa shape index (κ3) is 3.96. The molecule has 2 aromatic heterocycles. The number of furan rings is 1. The average Bonchev–Trinajstić information content (AvgIpc) is 3.15. The minimum Gasteiger partial charge on any atom is -0.508 e. The fraction of sp³-hybridized carbons (Fsp3) is 0.0435. The summed E-state index contributed by atoms with van der Waals surface area (Å²) in [4.78, 5) is 16.7. The first kappa shape index (κ1) is 18.3. The quantitative estimate of drug-likeness (QED) is 0.460. The largest absolute Gasteiger partial charge is 0.508 e. The van der Waals surface area contributed by atoms with Gasteiger partial charge < -0.3 is 19.9 Å². The summed E-state index contributed by atoms with van der Waals surface area (Å²) >= 11 is 0. The Hall–Kier alpha value is -4.06. The average molecular weight is 386 g/mol. The molecule has 3 N–H and O–H groups in total. The zero-order valence-electron chi connectivity index (χ0n) is 15.6. The molecule has 4 rings (SSSR count). The molecule has 0 spiro atoms. The first-order chi connectivity index (χ1) is 14.0. The second kappa shape index (κ2) is 7.52. The van der Waals surface area contributed by atoms with Crippen LogP contribution in [0.25, 0.3) is 22.5 Å². The van der Waals surface area contributed by atoms with Crippen molar-refractivity contribution in [3.8, 4) is 33.9 Å². The van der Waals surface area contributed by atoms with Gasteiger partial charge in [0, 0.05) is 40.8 Å². The van der Waals surface area contributed by atoms with Crippen molar-refractivity contribution in [3.63, 3.8) is 0 Å². The van der Waals surface area contributed by atoms with Crippen LogP contribution in [-0.2, 0) is 0 Å². The highest BCUT2D eigenvalue weighted by Gasteiger charge is 2.11. The summed E-state index contributed by atoms with van der Waals surface area (Å²) in [7, 11) is 0. The minimum atomic E-state index is -0.320. The van der Waals surface area contributed by atoms with E-state index in [4.69, 9.17) is 4.42 Å². The molecule has 0 aliphatic carbocycles. The predicted octanol–water partition coefficient (Wildman–Crippen LogP) is 4.98. The van der Waals surface area contributed by atoms with E-state index in [-0.39, 0.29) is 17.4 Å². The van der Waals surface area contributed by atoms with Gasteiger partial charge in [-0.05, 0) is 61.5 Å². The van der Waals surface area contributed by atoms with Crippen LogP contribution in [0.1, 0.15) is 16.1 Å². The minimum absolute atomic E-state index is 0.0405. The van der Waals surface area contributed by atoms with Crippen molar-refractivity contribution in [2.45, 2.75) is 6.92 Å². The number of hydrogen-bond acceptors (Lipinski definition) is 5. The van der Waals surface area contributed by atoms with E-state index in [1.165, 1.54) is 18.3 Å². The van der Waals surface area contributed by atoms with E-state index in [2.05, 4.69) is 10.3 Å². The number of aromatic nitrogens is 1. The SMILES string of the molecule is Cc1ccc(-c2ccc(NC(=O)c3cncc(-c4ccc(O)cc4O)c3)cc2)o1. The molecule has 1 amide bonds. The van der Waals surface area contributed by atoms with Crippen LogP contribution < -0.4 is 5.32 Å². The fourth-order valence-corrected chi connectivity index (χ4v) is 2.99. The second-order valence-electron chi connectivity index (χ2n) is 6.61. The number of phenolic OH excluding ortho intramolecular Hbond substituents is 2. The van der Waals surface area contributed by atoms with Crippen LogP contribution in [0.4, 0.5) is 5.69 Å². The molecule has 6 nitrogen and oxygen atoms in total. The molecule has 0 unspecified atom stereocenters. The summed E-state index contributed by atoms with van der Waals surface area (Å²) in [5.74, 6) is 1.16. The van der Waals surface area contributed by atoms with Crippen LogP contribution in [-0.4, -0.2) is 21.1 Å². The summed E-state index contributed by atoms with van der Waals surface area (Å²) in [6.45, 7) is 1.89. The number of rotatable bonds is 4. The first-order valence-corrected chi connectivity index (χ1v) is 8.95. The van der Waals surface area contributed by atoms with E-state index in [9.17, 15) is 15.0 Å². The first-order valence-electron chi connectivity index (χ1n) is 8.95. The summed E-state index contributed by atoms with van der Waals surface area (Å²) < 4.78 is 5.60. The van der Waals surface area contributed by atoms with Gasteiger partial charge in [-0.25, -0.2) is 0 Å². The molecule has 29 heavy (non-hydrogen) atoms. The Morgan fingerprint density at radius 3 is 2.41 bits per heavy atom. The monoisotopic (exact) mass is 386 g/mol. The smallest absolute Gasteiger partial charge is 0.257 e. The van der Waals surface area contributed by atoms with Crippen molar-refractivity contribution in [2.24, 2.45) is 0 Å². The van der Waals surface area contributed by atoms with Crippen LogP contribution in [0.15, 0.2) is 77.5 Å². The molecular weight excluding hydrogens is 368 g/mol. The molecule has 0 aliphatic heterocycles. The van der Waals surface area contributed by atoms with Gasteiger partial charge in [0.2, 0.25) is 0 Å². The lowest BCUT2D eigenvalue weighted by Crippen LogP contribution is -2.12. The molecule has 0 saturated heterocycles. The number of benzene rings is 2. The molecule has 6 heteroatoms. The summed E-state index contributed by atoms with van der Waals surface area (Å²) in [5, 5.41) is 22.3. The van der Waals surface area contributed by atoms with Gasteiger partial charge in [0.15, 0.2) is 0 Å². The Kier molecular flexibility index (Phi) is 4.75. The molecule has 0 fully saturated rings. The summed E-state index contributed by atoms with van der Waals surface area (Å²) in [6, 6.07) is 17.0. The van der Waals surface area contributed by atoms with Gasteiger partial charge >= 0.3 is 0 Å². The van der Waals surface area contributed by atoms with Crippen molar-refractivity contribution >= 4 is 11.6 Å². The molecular formula is C23H18N2O4. The number of aryl methyl sites for hydroxylation is 1. The van der Waals surface area contributed by atoms with Crippen molar-refractivity contribution in [3.05, 3.63) is 84.4 Å². The maximum Gasteiger partial charge on any atom is 0.257 e. The Labute approximate surface area is 167 Å². The topological polar surface area (TPSA) is 95.6 Å². The van der Waals surface area contributed by atoms with Crippen LogP contribution in [0.2, 0.25) is 0 Å². The Balaban J connectivity index is 1.53. The van der Waals surface area contributed by atoms with E-state index in [1.54, 1.807) is 30.5 Å².